The molecule has 0 radical (unpaired) electrons. The van der Waals surface area contributed by atoms with Crippen molar-refractivity contribution in [1.29, 1.82) is 0 Å². The van der Waals surface area contributed by atoms with Crippen LogP contribution in [0.2, 0.25) is 5.02 Å². The van der Waals surface area contributed by atoms with E-state index in [1.807, 2.05) is 43.3 Å². The van der Waals surface area contributed by atoms with Crippen LogP contribution in [0.25, 0.3) is 10.9 Å². The number of nitrogens with zero attached hydrogens (tertiary/aromatic N) is 3. The number of benzene rings is 2. The topological polar surface area (TPSA) is 70.2 Å². The third-order valence-corrected chi connectivity index (χ3v) is 6.38. The maximum Gasteiger partial charge on any atom is 0.255 e. The highest BCUT2D eigenvalue weighted by molar-refractivity contribution is 6.34. The van der Waals surface area contributed by atoms with E-state index in [0.29, 0.717) is 12.5 Å². The van der Waals surface area contributed by atoms with Crippen molar-refractivity contribution in [1.82, 2.24) is 15.3 Å². The van der Waals surface area contributed by atoms with Gasteiger partial charge in [-0.2, -0.15) is 4.98 Å². The summed E-state index contributed by atoms with van der Waals surface area (Å²) in [5.41, 5.74) is 0.440. The molecule has 1 saturated carbocycles. The van der Waals surface area contributed by atoms with Gasteiger partial charge in [0.25, 0.3) is 5.91 Å². The summed E-state index contributed by atoms with van der Waals surface area (Å²) in [6, 6.07) is 9.96. The maximum absolute atomic E-state index is 13.9. The van der Waals surface area contributed by atoms with Crippen LogP contribution in [0.1, 0.15) is 36.0 Å². The molecule has 2 N–H and O–H groups in total. The summed E-state index contributed by atoms with van der Waals surface area (Å²) in [4.78, 5) is 23.7. The van der Waals surface area contributed by atoms with Gasteiger partial charge >= 0.3 is 0 Å². The molecule has 174 valence electrons. The largest absolute Gasteiger partial charge is 0.362 e. The van der Waals surface area contributed by atoms with Crippen molar-refractivity contribution in [2.75, 3.05) is 30.9 Å². The van der Waals surface area contributed by atoms with E-state index in [-0.39, 0.29) is 12.0 Å². The zero-order valence-corrected chi connectivity index (χ0v) is 19.3. The van der Waals surface area contributed by atoms with Crippen LogP contribution in [0, 0.1) is 17.6 Å². The first kappa shape index (κ1) is 23.2. The number of anilines is 2. The summed E-state index contributed by atoms with van der Waals surface area (Å²) >= 11 is 5.78. The summed E-state index contributed by atoms with van der Waals surface area (Å²) in [7, 11) is 3.92. The minimum atomic E-state index is -0.834. The fraction of sp³-hybridized carbons (Fsp3) is 0.375. The number of rotatable bonds is 6. The van der Waals surface area contributed by atoms with Crippen LogP contribution in [0.5, 0.6) is 0 Å². The van der Waals surface area contributed by atoms with Gasteiger partial charge in [-0.15, -0.1) is 0 Å². The van der Waals surface area contributed by atoms with Gasteiger partial charge < -0.3 is 15.5 Å². The molecule has 1 heterocycles. The second-order valence-electron chi connectivity index (χ2n) is 8.57. The zero-order valence-electron chi connectivity index (χ0n) is 18.5. The number of aromatic nitrogens is 2. The van der Waals surface area contributed by atoms with Gasteiger partial charge in [0, 0.05) is 32.1 Å². The van der Waals surface area contributed by atoms with E-state index in [4.69, 9.17) is 16.6 Å². The second kappa shape index (κ2) is 9.87. The molecule has 4 rings (SSSR count). The molecule has 0 saturated heterocycles. The third-order valence-electron chi connectivity index (χ3n) is 6.01. The third kappa shape index (κ3) is 5.16. The molecular formula is C24H26ClF2N5O. The molecule has 1 aromatic heterocycles. The molecule has 1 fully saturated rings. The molecular weight excluding hydrogens is 448 g/mol. The van der Waals surface area contributed by atoms with E-state index in [1.165, 1.54) is 0 Å². The van der Waals surface area contributed by atoms with Gasteiger partial charge in [0.05, 0.1) is 16.1 Å². The fourth-order valence-corrected chi connectivity index (χ4v) is 4.46. The molecule has 0 aliphatic heterocycles. The lowest BCUT2D eigenvalue weighted by atomic mass is 9.86. The van der Waals surface area contributed by atoms with Gasteiger partial charge in [-0.25, -0.2) is 13.8 Å². The SMILES string of the molecule is CN(C)c1nc(N[C@H]2CC[C@@H](CNC(=O)c3c(F)ccc(F)c3Cl)CC2)nc2ccccc12. The van der Waals surface area contributed by atoms with E-state index < -0.39 is 28.1 Å². The summed E-state index contributed by atoms with van der Waals surface area (Å²) in [6.07, 6.45) is 3.54. The molecule has 3 aromatic rings. The Hall–Kier alpha value is -3.00. The lowest BCUT2D eigenvalue weighted by Crippen LogP contribution is -2.34. The molecule has 0 atom stereocenters. The molecule has 9 heteroatoms. The van der Waals surface area contributed by atoms with Gasteiger partial charge in [-0.3, -0.25) is 4.79 Å². The Labute approximate surface area is 196 Å². The molecule has 0 spiro atoms. The lowest BCUT2D eigenvalue weighted by Gasteiger charge is -2.29. The number of carbonyl (C=O) groups excluding carboxylic acids is 1. The summed E-state index contributed by atoms with van der Waals surface area (Å²) in [5.74, 6) is -0.634. The van der Waals surface area contributed by atoms with Crippen molar-refractivity contribution in [2.24, 2.45) is 5.92 Å². The molecule has 1 amide bonds. The Kier molecular flexibility index (Phi) is 6.93. The van der Waals surface area contributed by atoms with Crippen molar-refractivity contribution in [3.05, 3.63) is 58.6 Å². The van der Waals surface area contributed by atoms with Crippen molar-refractivity contribution < 1.29 is 13.6 Å². The number of halogens is 3. The number of carbonyl (C=O) groups is 1. The van der Waals surface area contributed by atoms with Gasteiger partial charge in [0.1, 0.15) is 17.5 Å². The first-order valence-corrected chi connectivity index (χ1v) is 11.3. The van der Waals surface area contributed by atoms with Crippen LogP contribution in [-0.2, 0) is 0 Å². The zero-order chi connectivity index (χ0) is 23.5. The summed E-state index contributed by atoms with van der Waals surface area (Å²) in [6.45, 7) is 0.384. The highest BCUT2D eigenvalue weighted by atomic mass is 35.5. The van der Waals surface area contributed by atoms with Crippen LogP contribution in [0.4, 0.5) is 20.5 Å². The molecule has 1 aliphatic rings. The Morgan fingerprint density at radius 3 is 2.48 bits per heavy atom. The summed E-state index contributed by atoms with van der Waals surface area (Å²) in [5, 5.41) is 6.67. The quantitative estimate of drug-likeness (QED) is 0.491. The number of hydrogen-bond acceptors (Lipinski definition) is 5. The van der Waals surface area contributed by atoms with Crippen LogP contribution in [-0.4, -0.2) is 42.6 Å². The second-order valence-corrected chi connectivity index (χ2v) is 8.95. The van der Waals surface area contributed by atoms with Gasteiger partial charge in [0.15, 0.2) is 0 Å². The number of para-hydroxylation sites is 1. The minimum absolute atomic E-state index is 0.225. The Morgan fingerprint density at radius 1 is 1.06 bits per heavy atom. The van der Waals surface area contributed by atoms with Crippen molar-refractivity contribution in [3.8, 4) is 0 Å². The number of hydrogen-bond donors (Lipinski definition) is 2. The molecule has 2 aromatic carbocycles. The number of amides is 1. The van der Waals surface area contributed by atoms with E-state index >= 15 is 0 Å². The maximum atomic E-state index is 13.9. The van der Waals surface area contributed by atoms with Crippen LogP contribution in [0.3, 0.4) is 0 Å². The molecule has 1 aliphatic carbocycles. The standard InChI is InChI=1S/C24H26ClF2N5O/c1-32(2)22-16-5-3-4-6-19(16)30-24(31-22)29-15-9-7-14(8-10-15)13-28-23(33)20-17(26)11-12-18(27)21(20)25/h3-6,11-12,14-15H,7-10,13H2,1-2H3,(H,28,33)(H,29,30,31)/t14-,15+. The Bertz CT molecular complexity index is 1170. The monoisotopic (exact) mass is 473 g/mol. The first-order valence-electron chi connectivity index (χ1n) is 11.0. The molecule has 0 bridgehead atoms. The molecule has 6 nitrogen and oxygen atoms in total. The van der Waals surface area contributed by atoms with Gasteiger partial charge in [0.2, 0.25) is 5.95 Å². The van der Waals surface area contributed by atoms with E-state index in [1.54, 1.807) is 0 Å². The van der Waals surface area contributed by atoms with E-state index in [2.05, 4.69) is 15.6 Å². The van der Waals surface area contributed by atoms with E-state index in [0.717, 1.165) is 54.5 Å². The highest BCUT2D eigenvalue weighted by Gasteiger charge is 2.24. The Balaban J connectivity index is 1.34. The van der Waals surface area contributed by atoms with E-state index in [9.17, 15) is 13.6 Å². The molecule has 33 heavy (non-hydrogen) atoms. The van der Waals surface area contributed by atoms with Crippen LogP contribution >= 0.6 is 11.6 Å². The van der Waals surface area contributed by atoms with Gasteiger partial charge in [-0.1, -0.05) is 23.7 Å². The lowest BCUT2D eigenvalue weighted by molar-refractivity contribution is 0.0939. The number of fused-ring (bicyclic) bond motifs is 1. The number of nitrogens with one attached hydrogen (secondary N) is 2. The van der Waals surface area contributed by atoms with Crippen molar-refractivity contribution in [2.45, 2.75) is 31.7 Å². The predicted molar refractivity (Wildman–Crippen MR) is 127 cm³/mol. The normalized spacial score (nSPS) is 18.2. The highest BCUT2D eigenvalue weighted by Crippen LogP contribution is 2.29. The van der Waals surface area contributed by atoms with Crippen molar-refractivity contribution in [3.63, 3.8) is 0 Å². The van der Waals surface area contributed by atoms with Gasteiger partial charge in [-0.05, 0) is 55.9 Å². The van der Waals surface area contributed by atoms with Crippen molar-refractivity contribution >= 4 is 40.2 Å². The average molecular weight is 474 g/mol. The van der Waals surface area contributed by atoms with Crippen LogP contribution in [0.15, 0.2) is 36.4 Å². The molecule has 0 unspecified atom stereocenters. The average Bonchev–Trinajstić information content (AvgIpc) is 2.80. The first-order chi connectivity index (χ1) is 15.8. The smallest absolute Gasteiger partial charge is 0.255 e. The minimum Gasteiger partial charge on any atom is -0.362 e. The summed E-state index contributed by atoms with van der Waals surface area (Å²) < 4.78 is 27.5. The fourth-order valence-electron chi connectivity index (χ4n) is 4.22. The Morgan fingerprint density at radius 2 is 1.76 bits per heavy atom. The van der Waals surface area contributed by atoms with Crippen LogP contribution < -0.4 is 15.5 Å². The predicted octanol–water partition coefficient (Wildman–Crippen LogP) is 5.03.